The third kappa shape index (κ3) is 2.31. The number of rotatable bonds is 4. The smallest absolute Gasteiger partial charge is 0.310 e. The van der Waals surface area contributed by atoms with Gasteiger partial charge in [0.25, 0.3) is 0 Å². The predicted octanol–water partition coefficient (Wildman–Crippen LogP) is 3.41. The molecule has 0 amide bonds. The second-order valence-electron chi connectivity index (χ2n) is 5.42. The lowest BCUT2D eigenvalue weighted by Crippen LogP contribution is -2.13. The van der Waals surface area contributed by atoms with Crippen molar-refractivity contribution in [1.29, 1.82) is 0 Å². The van der Waals surface area contributed by atoms with Crippen molar-refractivity contribution in [2.24, 2.45) is 0 Å². The molecule has 5 heteroatoms. The van der Waals surface area contributed by atoms with Crippen molar-refractivity contribution in [1.82, 2.24) is 0 Å². The molecule has 3 rings (SSSR count). The van der Waals surface area contributed by atoms with Crippen LogP contribution < -0.4 is 4.74 Å². The van der Waals surface area contributed by atoms with Gasteiger partial charge in [-0.2, -0.15) is 0 Å². The quantitative estimate of drug-likeness (QED) is 0.878. The van der Waals surface area contributed by atoms with Crippen LogP contribution in [0.3, 0.4) is 0 Å². The molecule has 0 saturated heterocycles. The third-order valence-corrected chi connectivity index (χ3v) is 4.95. The Kier molecular flexibility index (Phi) is 3.74. The molecule has 4 nitrogen and oxygen atoms in total. The molecule has 1 aliphatic rings. The number of carboxylic acids is 1. The van der Waals surface area contributed by atoms with Gasteiger partial charge in [-0.25, -0.2) is 0 Å². The van der Waals surface area contributed by atoms with Crippen LogP contribution in [0.1, 0.15) is 44.8 Å². The molecule has 0 fully saturated rings. The Morgan fingerprint density at radius 1 is 1.41 bits per heavy atom. The Labute approximate surface area is 132 Å². The number of carbonyl (C=O) groups is 2. The molecular weight excluding hydrogens is 300 g/mol. The monoisotopic (exact) mass is 316 g/mol. The zero-order valence-corrected chi connectivity index (χ0v) is 13.2. The van der Waals surface area contributed by atoms with Crippen LogP contribution in [0, 0.1) is 6.92 Å². The lowest BCUT2D eigenvalue weighted by atomic mass is 9.88. The van der Waals surface area contributed by atoms with Crippen LogP contribution >= 0.6 is 11.3 Å². The van der Waals surface area contributed by atoms with E-state index in [9.17, 15) is 14.7 Å². The summed E-state index contributed by atoms with van der Waals surface area (Å²) in [5.74, 6) is -1.01. The van der Waals surface area contributed by atoms with Crippen LogP contribution in [0.2, 0.25) is 0 Å². The number of hydrogen-bond donors (Lipinski definition) is 1. The molecule has 1 atom stereocenters. The fourth-order valence-corrected chi connectivity index (χ4v) is 3.51. The minimum atomic E-state index is -0.892. The van der Waals surface area contributed by atoms with E-state index in [0.29, 0.717) is 40.3 Å². The van der Waals surface area contributed by atoms with Crippen molar-refractivity contribution in [3.8, 4) is 5.75 Å². The summed E-state index contributed by atoms with van der Waals surface area (Å²) in [6.45, 7) is 3.98. The summed E-state index contributed by atoms with van der Waals surface area (Å²) < 4.78 is 5.66. The highest BCUT2D eigenvalue weighted by Gasteiger charge is 2.29. The predicted molar refractivity (Wildman–Crippen MR) is 84.2 cm³/mol. The summed E-state index contributed by atoms with van der Waals surface area (Å²) in [6.07, 6.45) is 0.708. The van der Waals surface area contributed by atoms with Crippen LogP contribution in [-0.4, -0.2) is 23.5 Å². The molecule has 1 aromatic carbocycles. The number of ketones is 1. The second kappa shape index (κ2) is 5.57. The van der Waals surface area contributed by atoms with Crippen molar-refractivity contribution in [2.75, 3.05) is 6.61 Å². The van der Waals surface area contributed by atoms with Gasteiger partial charge in [0.2, 0.25) is 5.78 Å². The van der Waals surface area contributed by atoms with Crippen LogP contribution in [0.25, 0.3) is 0 Å². The van der Waals surface area contributed by atoms with E-state index >= 15 is 0 Å². The molecule has 0 aliphatic carbocycles. The van der Waals surface area contributed by atoms with E-state index in [1.54, 1.807) is 19.9 Å². The van der Waals surface area contributed by atoms with E-state index < -0.39 is 11.9 Å². The molecule has 1 aliphatic heterocycles. The second-order valence-corrected chi connectivity index (χ2v) is 6.37. The largest absolute Gasteiger partial charge is 0.492 e. The number of hydrogen-bond acceptors (Lipinski definition) is 4. The standard InChI is InChI=1S/C17H16O4S/c1-9-12(10(2)17(19)20)8-11-5-6-21-16(11)14(9)15(18)13-4-3-7-22-13/h3-4,7-8,10H,5-6H2,1-2H3,(H,19,20). The van der Waals surface area contributed by atoms with Crippen molar-refractivity contribution in [3.05, 3.63) is 50.7 Å². The van der Waals surface area contributed by atoms with Crippen LogP contribution in [0.5, 0.6) is 5.75 Å². The Balaban J connectivity index is 2.20. The topological polar surface area (TPSA) is 63.6 Å². The van der Waals surface area contributed by atoms with Gasteiger partial charge < -0.3 is 9.84 Å². The minimum Gasteiger partial charge on any atom is -0.492 e. The zero-order valence-electron chi connectivity index (χ0n) is 12.4. The highest BCUT2D eigenvalue weighted by Crippen LogP contribution is 2.38. The highest BCUT2D eigenvalue weighted by atomic mass is 32.1. The molecular formula is C17H16O4S. The molecule has 0 radical (unpaired) electrons. The third-order valence-electron chi connectivity index (χ3n) is 4.08. The first-order chi connectivity index (χ1) is 10.5. The molecule has 1 unspecified atom stereocenters. The normalized spacial score (nSPS) is 14.3. The van der Waals surface area contributed by atoms with E-state index in [4.69, 9.17) is 4.74 Å². The number of fused-ring (bicyclic) bond motifs is 1. The van der Waals surface area contributed by atoms with Gasteiger partial charge in [-0.05, 0) is 42.0 Å². The number of carbonyl (C=O) groups excluding carboxylic acids is 1. The minimum absolute atomic E-state index is 0.0925. The maximum Gasteiger partial charge on any atom is 0.310 e. The molecule has 1 N–H and O–H groups in total. The number of thiophene rings is 1. The Morgan fingerprint density at radius 3 is 2.82 bits per heavy atom. The van der Waals surface area contributed by atoms with E-state index in [-0.39, 0.29) is 5.78 Å². The van der Waals surface area contributed by atoms with Crippen LogP contribution in [0.4, 0.5) is 0 Å². The number of carboxylic acid groups (broad SMARTS) is 1. The average Bonchev–Trinajstić information content (AvgIpc) is 3.16. The fraction of sp³-hybridized carbons (Fsp3) is 0.294. The number of aliphatic carboxylic acids is 1. The Bertz CT molecular complexity index is 747. The van der Waals surface area contributed by atoms with Crippen molar-refractivity contribution in [3.63, 3.8) is 0 Å². The summed E-state index contributed by atoms with van der Waals surface area (Å²) in [4.78, 5) is 24.8. The first-order valence-electron chi connectivity index (χ1n) is 7.11. The molecule has 2 aromatic rings. The van der Waals surface area contributed by atoms with E-state index in [0.717, 1.165) is 5.56 Å². The van der Waals surface area contributed by atoms with Gasteiger partial charge in [-0.3, -0.25) is 9.59 Å². The summed E-state index contributed by atoms with van der Waals surface area (Å²) in [5.41, 5.74) is 2.83. The van der Waals surface area contributed by atoms with Gasteiger partial charge in [0.1, 0.15) is 5.75 Å². The Morgan fingerprint density at radius 2 is 2.18 bits per heavy atom. The molecule has 0 saturated carbocycles. The average molecular weight is 316 g/mol. The number of ether oxygens (including phenoxy) is 1. The van der Waals surface area contributed by atoms with Crippen molar-refractivity contribution < 1.29 is 19.4 Å². The first-order valence-corrected chi connectivity index (χ1v) is 7.99. The maximum atomic E-state index is 12.8. The molecule has 114 valence electrons. The van der Waals surface area contributed by atoms with Gasteiger partial charge in [-0.15, -0.1) is 11.3 Å². The SMILES string of the molecule is Cc1c(C(C)C(=O)O)cc2c(c1C(=O)c1cccs1)OCC2. The lowest BCUT2D eigenvalue weighted by molar-refractivity contribution is -0.138. The van der Waals surface area contributed by atoms with Crippen LogP contribution in [-0.2, 0) is 11.2 Å². The van der Waals surface area contributed by atoms with E-state index in [1.165, 1.54) is 11.3 Å². The molecule has 0 spiro atoms. The maximum absolute atomic E-state index is 12.8. The van der Waals surface area contributed by atoms with Crippen molar-refractivity contribution in [2.45, 2.75) is 26.2 Å². The zero-order chi connectivity index (χ0) is 15.9. The van der Waals surface area contributed by atoms with Crippen molar-refractivity contribution >= 4 is 23.1 Å². The van der Waals surface area contributed by atoms with Gasteiger partial charge in [0.05, 0.1) is 23.0 Å². The lowest BCUT2D eigenvalue weighted by Gasteiger charge is -2.17. The highest BCUT2D eigenvalue weighted by molar-refractivity contribution is 7.12. The van der Waals surface area contributed by atoms with E-state index in [1.807, 2.05) is 17.5 Å². The Hall–Kier alpha value is -2.14. The summed E-state index contributed by atoms with van der Waals surface area (Å²) in [5, 5.41) is 11.2. The molecule has 1 aromatic heterocycles. The van der Waals surface area contributed by atoms with Gasteiger partial charge >= 0.3 is 5.97 Å². The van der Waals surface area contributed by atoms with Crippen LogP contribution in [0.15, 0.2) is 23.6 Å². The van der Waals surface area contributed by atoms with Gasteiger partial charge in [0.15, 0.2) is 0 Å². The fourth-order valence-electron chi connectivity index (χ4n) is 2.84. The number of benzene rings is 1. The van der Waals surface area contributed by atoms with E-state index in [2.05, 4.69) is 0 Å². The summed E-state index contributed by atoms with van der Waals surface area (Å²) in [6, 6.07) is 5.49. The molecule has 22 heavy (non-hydrogen) atoms. The molecule has 0 bridgehead atoms. The summed E-state index contributed by atoms with van der Waals surface area (Å²) >= 11 is 1.38. The van der Waals surface area contributed by atoms with Gasteiger partial charge in [-0.1, -0.05) is 12.1 Å². The molecule has 2 heterocycles. The first kappa shape index (κ1) is 14.8. The van der Waals surface area contributed by atoms with Gasteiger partial charge in [0, 0.05) is 6.42 Å². The summed E-state index contributed by atoms with van der Waals surface area (Å²) in [7, 11) is 0.